The Kier molecular flexibility index (Phi) is 7.25. The van der Waals surface area contributed by atoms with Gasteiger partial charge in [0.2, 0.25) is 0 Å². The summed E-state index contributed by atoms with van der Waals surface area (Å²) in [5, 5.41) is 10.1. The average Bonchev–Trinajstić information content (AvgIpc) is 3.22. The monoisotopic (exact) mass is 658 g/mol. The third-order valence-electron chi connectivity index (χ3n) is 10.6. The summed E-state index contributed by atoms with van der Waals surface area (Å²) in [5.74, 6) is 0. The zero-order valence-corrected chi connectivity index (χ0v) is 28.6. The Morgan fingerprint density at radius 1 is 0.173 bits per heavy atom. The molecule has 10 aromatic rings. The first-order valence-electron chi connectivity index (χ1n) is 18.0. The summed E-state index contributed by atoms with van der Waals surface area (Å²) in [7, 11) is 0. The fraction of sp³-hybridized carbons (Fsp3) is 0. The molecule has 0 saturated carbocycles. The van der Waals surface area contributed by atoms with Crippen LogP contribution in [0.2, 0.25) is 0 Å². The maximum atomic E-state index is 2.39. The lowest BCUT2D eigenvalue weighted by molar-refractivity contribution is 1.57. The van der Waals surface area contributed by atoms with Gasteiger partial charge in [0, 0.05) is 0 Å². The van der Waals surface area contributed by atoms with Gasteiger partial charge in [-0.2, -0.15) is 0 Å². The van der Waals surface area contributed by atoms with E-state index in [1.807, 2.05) is 0 Å². The van der Waals surface area contributed by atoms with Gasteiger partial charge in [-0.3, -0.25) is 0 Å². The van der Waals surface area contributed by atoms with Crippen molar-refractivity contribution in [2.45, 2.75) is 0 Å². The van der Waals surface area contributed by atoms with Gasteiger partial charge in [-0.15, -0.1) is 0 Å². The van der Waals surface area contributed by atoms with Crippen LogP contribution in [-0.4, -0.2) is 0 Å². The Morgan fingerprint density at radius 3 is 1.08 bits per heavy atom. The molecule has 0 amide bonds. The van der Waals surface area contributed by atoms with Crippen LogP contribution in [0.25, 0.3) is 98.7 Å². The van der Waals surface area contributed by atoms with Crippen LogP contribution in [0.4, 0.5) is 0 Å². The van der Waals surface area contributed by atoms with Crippen LogP contribution in [0.1, 0.15) is 0 Å². The van der Waals surface area contributed by atoms with Gasteiger partial charge in [0.15, 0.2) is 0 Å². The molecular formula is C52H34. The van der Waals surface area contributed by atoms with Gasteiger partial charge in [-0.25, -0.2) is 0 Å². The van der Waals surface area contributed by atoms with Gasteiger partial charge in [0.25, 0.3) is 0 Å². The first-order valence-corrected chi connectivity index (χ1v) is 18.0. The van der Waals surface area contributed by atoms with E-state index in [-0.39, 0.29) is 0 Å². The molecule has 0 spiro atoms. The maximum absolute atomic E-state index is 2.39. The maximum Gasteiger partial charge on any atom is -0.00262 e. The summed E-state index contributed by atoms with van der Waals surface area (Å²) in [6, 6.07) is 75.7. The Hall–Kier alpha value is -6.76. The van der Waals surface area contributed by atoms with E-state index in [1.54, 1.807) is 0 Å². The molecule has 0 heterocycles. The third-order valence-corrected chi connectivity index (χ3v) is 10.6. The standard InChI is InChI=1S/C52H34/c1-2-13-35(14-3-1)44-32-45(34-46(33-44)41-27-25-36-15-4-6-17-38(36)29-41)40-19-12-20-42(31-40)51-47-21-8-10-23-49(47)52(50-24-11-9-22-48(50)51)43-28-26-37-16-5-7-18-39(37)30-43/h1-34H. The van der Waals surface area contributed by atoms with Gasteiger partial charge in [-0.05, 0) is 135 Å². The molecule has 0 aliphatic heterocycles. The van der Waals surface area contributed by atoms with Gasteiger partial charge in [-0.1, -0.05) is 170 Å². The second-order valence-corrected chi connectivity index (χ2v) is 13.7. The van der Waals surface area contributed by atoms with Crippen molar-refractivity contribution in [3.8, 4) is 55.6 Å². The SMILES string of the molecule is c1ccc(-c2cc(-c3cccc(-c4c5ccccc5c(-c5ccc6ccccc6c5)c5ccccc45)c3)cc(-c3ccc4ccccc4c3)c2)cc1. The van der Waals surface area contributed by atoms with Crippen LogP contribution < -0.4 is 0 Å². The predicted octanol–water partition coefficient (Wildman–Crippen LogP) is 14.6. The molecule has 0 N–H and O–H groups in total. The number of hydrogen-bond donors (Lipinski definition) is 0. The molecule has 52 heavy (non-hydrogen) atoms. The molecule has 0 heteroatoms. The largest absolute Gasteiger partial charge is 0.0622 e. The summed E-state index contributed by atoms with van der Waals surface area (Å²) in [5.41, 5.74) is 12.3. The minimum atomic E-state index is 1.20. The first-order chi connectivity index (χ1) is 25.8. The first kappa shape index (κ1) is 30.1. The fourth-order valence-corrected chi connectivity index (χ4v) is 8.08. The lowest BCUT2D eigenvalue weighted by Gasteiger charge is -2.18. The van der Waals surface area contributed by atoms with E-state index in [4.69, 9.17) is 0 Å². The summed E-state index contributed by atoms with van der Waals surface area (Å²) in [6.45, 7) is 0. The molecular weight excluding hydrogens is 625 g/mol. The van der Waals surface area contributed by atoms with Crippen molar-refractivity contribution in [2.24, 2.45) is 0 Å². The van der Waals surface area contributed by atoms with E-state index < -0.39 is 0 Å². The molecule has 0 atom stereocenters. The third kappa shape index (κ3) is 5.25. The van der Waals surface area contributed by atoms with Crippen LogP contribution >= 0.6 is 0 Å². The van der Waals surface area contributed by atoms with Crippen molar-refractivity contribution >= 4 is 43.1 Å². The van der Waals surface area contributed by atoms with Crippen molar-refractivity contribution < 1.29 is 0 Å². The van der Waals surface area contributed by atoms with Gasteiger partial charge in [0.1, 0.15) is 0 Å². The molecule has 0 radical (unpaired) electrons. The predicted molar refractivity (Wildman–Crippen MR) is 224 cm³/mol. The molecule has 10 rings (SSSR count). The summed E-state index contributed by atoms with van der Waals surface area (Å²) in [6.07, 6.45) is 0. The van der Waals surface area contributed by atoms with Crippen LogP contribution in [-0.2, 0) is 0 Å². The van der Waals surface area contributed by atoms with Crippen LogP contribution in [0.15, 0.2) is 206 Å². The lowest BCUT2D eigenvalue weighted by Crippen LogP contribution is -1.91. The molecule has 0 aliphatic carbocycles. The lowest BCUT2D eigenvalue weighted by atomic mass is 9.85. The van der Waals surface area contributed by atoms with E-state index in [0.717, 1.165) is 0 Å². The normalized spacial score (nSPS) is 11.5. The molecule has 0 saturated heterocycles. The second-order valence-electron chi connectivity index (χ2n) is 13.7. The topological polar surface area (TPSA) is 0 Å². The Balaban J connectivity index is 1.18. The summed E-state index contributed by atoms with van der Waals surface area (Å²) < 4.78 is 0. The number of benzene rings is 10. The zero-order valence-electron chi connectivity index (χ0n) is 28.6. The van der Waals surface area contributed by atoms with Crippen molar-refractivity contribution in [2.75, 3.05) is 0 Å². The van der Waals surface area contributed by atoms with E-state index in [2.05, 4.69) is 206 Å². The number of rotatable bonds is 5. The fourth-order valence-electron chi connectivity index (χ4n) is 8.08. The highest BCUT2D eigenvalue weighted by molar-refractivity contribution is 6.21. The van der Waals surface area contributed by atoms with Crippen molar-refractivity contribution in [1.82, 2.24) is 0 Å². The highest BCUT2D eigenvalue weighted by Gasteiger charge is 2.17. The molecule has 0 bridgehead atoms. The smallest absolute Gasteiger partial charge is 0.00262 e. The average molecular weight is 659 g/mol. The summed E-state index contributed by atoms with van der Waals surface area (Å²) >= 11 is 0. The van der Waals surface area contributed by atoms with E-state index >= 15 is 0 Å². The second kappa shape index (κ2) is 12.5. The van der Waals surface area contributed by atoms with Crippen LogP contribution in [0.5, 0.6) is 0 Å². The van der Waals surface area contributed by atoms with Crippen LogP contribution in [0, 0.1) is 0 Å². The van der Waals surface area contributed by atoms with Crippen molar-refractivity contribution in [3.63, 3.8) is 0 Å². The molecule has 0 aromatic heterocycles. The van der Waals surface area contributed by atoms with Crippen LogP contribution in [0.3, 0.4) is 0 Å². The van der Waals surface area contributed by atoms with Crippen molar-refractivity contribution in [1.29, 1.82) is 0 Å². The Morgan fingerprint density at radius 2 is 0.519 bits per heavy atom. The zero-order chi connectivity index (χ0) is 34.4. The van der Waals surface area contributed by atoms with Gasteiger partial charge in [0.05, 0.1) is 0 Å². The van der Waals surface area contributed by atoms with E-state index in [9.17, 15) is 0 Å². The minimum absolute atomic E-state index is 1.20. The highest BCUT2D eigenvalue weighted by atomic mass is 14.2. The molecule has 0 aliphatic rings. The Labute approximate surface area is 303 Å². The molecule has 0 unspecified atom stereocenters. The van der Waals surface area contributed by atoms with E-state index in [1.165, 1.54) is 98.7 Å². The number of hydrogen-bond acceptors (Lipinski definition) is 0. The number of fused-ring (bicyclic) bond motifs is 4. The minimum Gasteiger partial charge on any atom is -0.0622 e. The molecule has 0 nitrogen and oxygen atoms in total. The quantitative estimate of drug-likeness (QED) is 0.161. The Bertz CT molecular complexity index is 2890. The van der Waals surface area contributed by atoms with Gasteiger partial charge >= 0.3 is 0 Å². The van der Waals surface area contributed by atoms with Gasteiger partial charge < -0.3 is 0 Å². The highest BCUT2D eigenvalue weighted by Crippen LogP contribution is 2.45. The molecule has 10 aromatic carbocycles. The summed E-state index contributed by atoms with van der Waals surface area (Å²) in [4.78, 5) is 0. The molecule has 242 valence electrons. The van der Waals surface area contributed by atoms with Crippen molar-refractivity contribution in [3.05, 3.63) is 206 Å². The van der Waals surface area contributed by atoms with E-state index in [0.29, 0.717) is 0 Å². The molecule has 0 fully saturated rings.